The molecule has 0 spiro atoms. The normalized spacial score (nSPS) is 12.7. The molecule has 5 heteroatoms. The topological polar surface area (TPSA) is 68.0 Å². The first kappa shape index (κ1) is 12.5. The number of amides is 1. The third kappa shape index (κ3) is 2.20. The van der Waals surface area contributed by atoms with Gasteiger partial charge in [0.15, 0.2) is 0 Å². The van der Waals surface area contributed by atoms with Gasteiger partial charge in [-0.2, -0.15) is 0 Å². The number of nitrogens with zero attached hydrogens (tertiary/aromatic N) is 2. The van der Waals surface area contributed by atoms with Crippen LogP contribution in [0.15, 0.2) is 10.6 Å². The van der Waals surface area contributed by atoms with E-state index in [0.717, 1.165) is 12.1 Å². The molecule has 1 atom stereocenters. The summed E-state index contributed by atoms with van der Waals surface area (Å²) in [6.45, 7) is 7.65. The average molecular weight is 247 g/mol. The summed E-state index contributed by atoms with van der Waals surface area (Å²) in [5, 5.41) is 7.50. The summed E-state index contributed by atoms with van der Waals surface area (Å²) in [7, 11) is 0. The highest BCUT2D eigenvalue weighted by Gasteiger charge is 2.18. The molecule has 0 saturated heterocycles. The largest absolute Gasteiger partial charge is 0.350 e. The van der Waals surface area contributed by atoms with Crippen LogP contribution in [0.5, 0.6) is 0 Å². The fraction of sp³-hybridized carbons (Fsp3) is 0.462. The number of carbonyl (C=O) groups excluding carboxylic acids is 1. The first-order valence-corrected chi connectivity index (χ1v) is 6.07. The molecule has 0 fully saturated rings. The monoisotopic (exact) mass is 247 g/mol. The summed E-state index contributed by atoms with van der Waals surface area (Å²) in [4.78, 5) is 16.5. The molecule has 0 saturated carbocycles. The van der Waals surface area contributed by atoms with Crippen LogP contribution in [0.3, 0.4) is 0 Å². The van der Waals surface area contributed by atoms with Crippen molar-refractivity contribution in [2.45, 2.75) is 40.2 Å². The van der Waals surface area contributed by atoms with Crippen molar-refractivity contribution in [3.05, 3.63) is 23.0 Å². The van der Waals surface area contributed by atoms with Crippen molar-refractivity contribution in [1.82, 2.24) is 15.5 Å². The zero-order chi connectivity index (χ0) is 13.3. The summed E-state index contributed by atoms with van der Waals surface area (Å²) >= 11 is 0. The first-order chi connectivity index (χ1) is 8.52. The fourth-order valence-electron chi connectivity index (χ4n) is 1.80. The van der Waals surface area contributed by atoms with Crippen LogP contribution in [-0.4, -0.2) is 22.1 Å². The number of rotatable bonds is 3. The quantitative estimate of drug-likeness (QED) is 0.904. The Morgan fingerprint density at radius 2 is 2.22 bits per heavy atom. The van der Waals surface area contributed by atoms with Crippen molar-refractivity contribution in [3.63, 3.8) is 0 Å². The second-order valence-corrected chi connectivity index (χ2v) is 4.54. The van der Waals surface area contributed by atoms with E-state index in [-0.39, 0.29) is 11.9 Å². The highest BCUT2D eigenvalue weighted by molar-refractivity contribution is 6.06. The molecule has 1 amide bonds. The number of aromatic nitrogens is 2. The lowest BCUT2D eigenvalue weighted by atomic mass is 10.1. The van der Waals surface area contributed by atoms with Crippen molar-refractivity contribution in [1.29, 1.82) is 0 Å². The predicted octanol–water partition coefficient (Wildman–Crippen LogP) is 2.37. The first-order valence-electron chi connectivity index (χ1n) is 6.07. The smallest absolute Gasteiger partial charge is 0.258 e. The van der Waals surface area contributed by atoms with Crippen LogP contribution >= 0.6 is 0 Å². The van der Waals surface area contributed by atoms with Crippen LogP contribution in [0.2, 0.25) is 0 Å². The van der Waals surface area contributed by atoms with Gasteiger partial charge in [-0.15, -0.1) is 0 Å². The van der Waals surface area contributed by atoms with Crippen molar-refractivity contribution in [3.8, 4) is 0 Å². The summed E-state index contributed by atoms with van der Waals surface area (Å²) in [5.74, 6) is -0.105. The minimum absolute atomic E-state index is 0.105. The van der Waals surface area contributed by atoms with Crippen molar-refractivity contribution in [2.24, 2.45) is 0 Å². The summed E-state index contributed by atoms with van der Waals surface area (Å²) in [6, 6.07) is 1.91. The summed E-state index contributed by atoms with van der Waals surface area (Å²) in [5.41, 5.74) is 2.43. The minimum atomic E-state index is -0.105. The highest BCUT2D eigenvalue weighted by atomic mass is 16.5. The number of carbonyl (C=O) groups is 1. The van der Waals surface area contributed by atoms with E-state index < -0.39 is 0 Å². The van der Waals surface area contributed by atoms with Crippen LogP contribution < -0.4 is 5.32 Å². The van der Waals surface area contributed by atoms with Gasteiger partial charge in [0, 0.05) is 11.7 Å². The minimum Gasteiger partial charge on any atom is -0.350 e. The van der Waals surface area contributed by atoms with Crippen LogP contribution in [0.1, 0.15) is 42.0 Å². The molecule has 0 aliphatic heterocycles. The van der Waals surface area contributed by atoms with Gasteiger partial charge < -0.3 is 9.84 Å². The van der Waals surface area contributed by atoms with Gasteiger partial charge in [0.25, 0.3) is 11.6 Å². The molecule has 0 aliphatic carbocycles. The molecule has 0 radical (unpaired) electrons. The number of pyridine rings is 1. The van der Waals surface area contributed by atoms with Crippen molar-refractivity contribution < 1.29 is 9.32 Å². The molecule has 2 aromatic heterocycles. The van der Waals surface area contributed by atoms with Crippen LogP contribution in [0.25, 0.3) is 11.1 Å². The van der Waals surface area contributed by atoms with Gasteiger partial charge in [0.05, 0.1) is 16.6 Å². The van der Waals surface area contributed by atoms with Gasteiger partial charge in [0.1, 0.15) is 0 Å². The number of fused-ring (bicyclic) bond motifs is 1. The molecule has 1 N–H and O–H groups in total. The molecule has 2 heterocycles. The van der Waals surface area contributed by atoms with Crippen LogP contribution in [0, 0.1) is 13.8 Å². The molecule has 5 nitrogen and oxygen atoms in total. The molecule has 18 heavy (non-hydrogen) atoms. The van der Waals surface area contributed by atoms with E-state index in [9.17, 15) is 4.79 Å². The van der Waals surface area contributed by atoms with E-state index in [4.69, 9.17) is 4.52 Å². The van der Waals surface area contributed by atoms with Gasteiger partial charge in [-0.3, -0.25) is 4.79 Å². The fourth-order valence-corrected chi connectivity index (χ4v) is 1.80. The highest BCUT2D eigenvalue weighted by Crippen LogP contribution is 2.21. The van der Waals surface area contributed by atoms with Gasteiger partial charge in [-0.1, -0.05) is 12.1 Å². The maximum absolute atomic E-state index is 12.2. The molecule has 0 unspecified atom stereocenters. The Bertz CT molecular complexity index is 589. The SMILES string of the molecule is CC[C@H](C)NC(=O)c1cc(C)nc2onc(C)c12. The molecular weight excluding hydrogens is 230 g/mol. The number of hydrogen-bond acceptors (Lipinski definition) is 4. The van der Waals surface area contributed by atoms with E-state index in [0.29, 0.717) is 22.4 Å². The van der Waals surface area contributed by atoms with E-state index in [1.807, 2.05) is 27.7 Å². The molecule has 0 bridgehead atoms. The predicted molar refractivity (Wildman–Crippen MR) is 68.5 cm³/mol. The number of hydrogen-bond donors (Lipinski definition) is 1. The Balaban J connectivity index is 2.49. The lowest BCUT2D eigenvalue weighted by Crippen LogP contribution is -2.32. The lowest BCUT2D eigenvalue weighted by molar-refractivity contribution is 0.0940. The Kier molecular flexibility index (Phi) is 3.32. The summed E-state index contributed by atoms with van der Waals surface area (Å²) < 4.78 is 5.11. The Labute approximate surface area is 106 Å². The van der Waals surface area contributed by atoms with E-state index in [2.05, 4.69) is 15.5 Å². The van der Waals surface area contributed by atoms with Crippen molar-refractivity contribution >= 4 is 17.0 Å². The Hall–Kier alpha value is -1.91. The average Bonchev–Trinajstić information content (AvgIpc) is 2.69. The Morgan fingerprint density at radius 3 is 2.89 bits per heavy atom. The maximum atomic E-state index is 12.2. The van der Waals surface area contributed by atoms with Gasteiger partial charge in [-0.05, 0) is 33.3 Å². The van der Waals surface area contributed by atoms with Crippen molar-refractivity contribution in [2.75, 3.05) is 0 Å². The molecular formula is C13H17N3O2. The molecule has 0 aromatic carbocycles. The Morgan fingerprint density at radius 1 is 1.50 bits per heavy atom. The van der Waals surface area contributed by atoms with Crippen LogP contribution in [0.4, 0.5) is 0 Å². The van der Waals surface area contributed by atoms with Gasteiger partial charge in [0.2, 0.25) is 0 Å². The van der Waals surface area contributed by atoms with E-state index in [1.165, 1.54) is 0 Å². The number of aryl methyl sites for hydroxylation is 2. The molecule has 2 aromatic rings. The van der Waals surface area contributed by atoms with E-state index >= 15 is 0 Å². The zero-order valence-electron chi connectivity index (χ0n) is 11.1. The molecule has 0 aliphatic rings. The second kappa shape index (κ2) is 4.76. The lowest BCUT2D eigenvalue weighted by Gasteiger charge is -2.12. The molecule has 96 valence electrons. The standard InChI is InChI=1S/C13H17N3O2/c1-5-7(2)14-12(17)10-6-8(3)15-13-11(10)9(4)16-18-13/h6-7H,5H2,1-4H3,(H,14,17)/t7-/m0/s1. The van der Waals surface area contributed by atoms with Gasteiger partial charge >= 0.3 is 0 Å². The van der Waals surface area contributed by atoms with Gasteiger partial charge in [-0.25, -0.2) is 4.98 Å². The number of nitrogens with one attached hydrogen (secondary N) is 1. The van der Waals surface area contributed by atoms with Crippen LogP contribution in [-0.2, 0) is 0 Å². The second-order valence-electron chi connectivity index (χ2n) is 4.54. The zero-order valence-corrected chi connectivity index (χ0v) is 11.1. The molecule has 2 rings (SSSR count). The van der Waals surface area contributed by atoms with E-state index in [1.54, 1.807) is 6.07 Å². The third-order valence-electron chi connectivity index (χ3n) is 2.98. The summed E-state index contributed by atoms with van der Waals surface area (Å²) in [6.07, 6.45) is 0.890. The maximum Gasteiger partial charge on any atom is 0.258 e. The third-order valence-corrected chi connectivity index (χ3v) is 2.98.